The summed E-state index contributed by atoms with van der Waals surface area (Å²) in [6, 6.07) is 19.2. The summed E-state index contributed by atoms with van der Waals surface area (Å²) in [7, 11) is -2.46. The molecule has 0 fully saturated rings. The van der Waals surface area contributed by atoms with Crippen LogP contribution >= 0.6 is 0 Å². The normalized spacial score (nSPS) is 10.8. The summed E-state index contributed by atoms with van der Waals surface area (Å²) >= 11 is 0. The highest BCUT2D eigenvalue weighted by Crippen LogP contribution is 2.23. The van der Waals surface area contributed by atoms with E-state index in [0.29, 0.717) is 28.3 Å². The molecule has 1 amide bonds. The Morgan fingerprint density at radius 3 is 2.22 bits per heavy atom. The van der Waals surface area contributed by atoms with Crippen molar-refractivity contribution >= 4 is 33.3 Å². The second-order valence-electron chi connectivity index (χ2n) is 6.80. The number of amides is 1. The lowest BCUT2D eigenvalue weighted by Gasteiger charge is -2.12. The second kappa shape index (κ2) is 9.97. The maximum atomic E-state index is 12.6. The van der Waals surface area contributed by atoms with Crippen LogP contribution in [0.1, 0.15) is 15.9 Å². The summed E-state index contributed by atoms with van der Waals surface area (Å²) in [6.45, 7) is 1.42. The molecule has 0 saturated carbocycles. The van der Waals surface area contributed by atoms with Gasteiger partial charge in [-0.25, -0.2) is 13.2 Å². The number of benzene rings is 3. The third kappa shape index (κ3) is 5.86. The Bertz CT molecular complexity index is 1210. The molecular formula is C23H22N2O6S. The van der Waals surface area contributed by atoms with Gasteiger partial charge in [0, 0.05) is 11.4 Å². The Kier molecular flexibility index (Phi) is 7.11. The molecule has 2 N–H and O–H groups in total. The van der Waals surface area contributed by atoms with Crippen molar-refractivity contribution in [2.45, 2.75) is 11.8 Å². The maximum absolute atomic E-state index is 12.6. The molecule has 0 atom stereocenters. The van der Waals surface area contributed by atoms with Gasteiger partial charge < -0.3 is 14.8 Å². The van der Waals surface area contributed by atoms with E-state index >= 15 is 0 Å². The van der Waals surface area contributed by atoms with Crippen LogP contribution in [0, 0.1) is 6.92 Å². The molecule has 0 aliphatic heterocycles. The molecule has 3 aromatic rings. The van der Waals surface area contributed by atoms with Gasteiger partial charge in [-0.2, -0.15) is 0 Å². The number of methoxy groups -OCH3 is 1. The van der Waals surface area contributed by atoms with Gasteiger partial charge >= 0.3 is 5.97 Å². The van der Waals surface area contributed by atoms with E-state index < -0.39 is 21.9 Å². The molecule has 0 aliphatic carbocycles. The number of hydrogen-bond acceptors (Lipinski definition) is 6. The van der Waals surface area contributed by atoms with Crippen molar-refractivity contribution < 1.29 is 27.5 Å². The summed E-state index contributed by atoms with van der Waals surface area (Å²) in [5.74, 6) is -0.483. The van der Waals surface area contributed by atoms with Crippen LogP contribution in [0.15, 0.2) is 77.7 Å². The third-order valence-corrected chi connectivity index (χ3v) is 5.81. The van der Waals surface area contributed by atoms with Crippen molar-refractivity contribution in [1.29, 1.82) is 0 Å². The molecule has 0 unspecified atom stereocenters. The largest absolute Gasteiger partial charge is 0.483 e. The van der Waals surface area contributed by atoms with Crippen LogP contribution < -0.4 is 14.8 Å². The van der Waals surface area contributed by atoms with Gasteiger partial charge in [-0.3, -0.25) is 9.52 Å². The molecule has 3 aromatic carbocycles. The van der Waals surface area contributed by atoms with Gasteiger partial charge in [-0.05, 0) is 67.1 Å². The summed E-state index contributed by atoms with van der Waals surface area (Å²) < 4.78 is 37.8. The number of ether oxygens (including phenoxy) is 2. The zero-order valence-corrected chi connectivity index (χ0v) is 18.3. The van der Waals surface area contributed by atoms with E-state index in [4.69, 9.17) is 4.74 Å². The Morgan fingerprint density at radius 1 is 0.906 bits per heavy atom. The molecule has 3 rings (SSSR count). The zero-order chi connectivity index (χ0) is 23.1. The minimum atomic E-state index is -3.75. The molecule has 9 heteroatoms. The molecule has 32 heavy (non-hydrogen) atoms. The number of para-hydroxylation sites is 1. The van der Waals surface area contributed by atoms with E-state index in [1.165, 1.54) is 37.4 Å². The van der Waals surface area contributed by atoms with Crippen molar-refractivity contribution in [1.82, 2.24) is 0 Å². The SMILES string of the molecule is COC(=O)c1ccc(NC(=O)COc2ccc(S(=O)(=O)Nc3ccccc3)cc2C)cc1. The number of anilines is 2. The van der Waals surface area contributed by atoms with Crippen LogP contribution in [0.3, 0.4) is 0 Å². The van der Waals surface area contributed by atoms with Gasteiger partial charge in [0.1, 0.15) is 5.75 Å². The molecular weight excluding hydrogens is 432 g/mol. The van der Waals surface area contributed by atoms with Gasteiger partial charge in [0.15, 0.2) is 6.61 Å². The van der Waals surface area contributed by atoms with Gasteiger partial charge in [-0.1, -0.05) is 18.2 Å². The first-order valence-electron chi connectivity index (χ1n) is 9.58. The first-order chi connectivity index (χ1) is 15.3. The molecule has 0 aliphatic rings. The number of hydrogen-bond donors (Lipinski definition) is 2. The molecule has 0 aromatic heterocycles. The highest BCUT2D eigenvalue weighted by atomic mass is 32.2. The Hall–Kier alpha value is -3.85. The van der Waals surface area contributed by atoms with Crippen molar-refractivity contribution in [3.63, 3.8) is 0 Å². The highest BCUT2D eigenvalue weighted by Gasteiger charge is 2.16. The van der Waals surface area contributed by atoms with Crippen molar-refractivity contribution in [2.24, 2.45) is 0 Å². The van der Waals surface area contributed by atoms with E-state index in [0.717, 1.165) is 0 Å². The van der Waals surface area contributed by atoms with E-state index in [1.807, 2.05) is 0 Å². The lowest BCUT2D eigenvalue weighted by Crippen LogP contribution is -2.20. The Labute approximate surface area is 186 Å². The van der Waals surface area contributed by atoms with Gasteiger partial charge in [0.2, 0.25) is 0 Å². The van der Waals surface area contributed by atoms with Crippen LogP contribution in [0.4, 0.5) is 11.4 Å². The summed E-state index contributed by atoms with van der Waals surface area (Å²) in [4.78, 5) is 23.7. The smallest absolute Gasteiger partial charge is 0.337 e. The predicted octanol–water partition coefficient (Wildman–Crippen LogP) is 3.60. The number of aryl methyl sites for hydroxylation is 1. The number of esters is 1. The average Bonchev–Trinajstić information content (AvgIpc) is 2.78. The zero-order valence-electron chi connectivity index (χ0n) is 17.5. The number of carbonyl (C=O) groups is 2. The van der Waals surface area contributed by atoms with E-state index in [2.05, 4.69) is 14.8 Å². The third-order valence-electron chi connectivity index (χ3n) is 4.43. The topological polar surface area (TPSA) is 111 Å². The number of sulfonamides is 1. The first kappa shape index (κ1) is 22.8. The van der Waals surface area contributed by atoms with Gasteiger partial charge in [-0.15, -0.1) is 0 Å². The van der Waals surface area contributed by atoms with Crippen molar-refractivity contribution in [3.8, 4) is 5.75 Å². The van der Waals surface area contributed by atoms with Gasteiger partial charge in [0.25, 0.3) is 15.9 Å². The maximum Gasteiger partial charge on any atom is 0.337 e. The monoisotopic (exact) mass is 454 g/mol. The second-order valence-corrected chi connectivity index (χ2v) is 8.49. The van der Waals surface area contributed by atoms with E-state index in [-0.39, 0.29) is 11.5 Å². The molecule has 0 heterocycles. The Morgan fingerprint density at radius 2 is 1.59 bits per heavy atom. The summed E-state index contributed by atoms with van der Waals surface area (Å²) in [6.07, 6.45) is 0. The fourth-order valence-electron chi connectivity index (χ4n) is 2.82. The van der Waals surface area contributed by atoms with Crippen LogP contribution in [-0.4, -0.2) is 34.0 Å². The number of nitrogens with one attached hydrogen (secondary N) is 2. The van der Waals surface area contributed by atoms with E-state index in [9.17, 15) is 18.0 Å². The van der Waals surface area contributed by atoms with Crippen LogP contribution in [0.25, 0.3) is 0 Å². The molecule has 166 valence electrons. The van der Waals surface area contributed by atoms with E-state index in [1.54, 1.807) is 49.4 Å². The van der Waals surface area contributed by atoms with Crippen LogP contribution in [-0.2, 0) is 19.6 Å². The fraction of sp³-hybridized carbons (Fsp3) is 0.130. The van der Waals surface area contributed by atoms with Crippen LogP contribution in [0.2, 0.25) is 0 Å². The quantitative estimate of drug-likeness (QED) is 0.503. The van der Waals surface area contributed by atoms with Gasteiger partial charge in [0.05, 0.1) is 17.6 Å². The molecule has 0 radical (unpaired) electrons. The lowest BCUT2D eigenvalue weighted by atomic mass is 10.2. The highest BCUT2D eigenvalue weighted by molar-refractivity contribution is 7.92. The first-order valence-corrected chi connectivity index (χ1v) is 11.1. The van der Waals surface area contributed by atoms with Crippen LogP contribution in [0.5, 0.6) is 5.75 Å². The number of rotatable bonds is 8. The lowest BCUT2D eigenvalue weighted by molar-refractivity contribution is -0.118. The summed E-state index contributed by atoms with van der Waals surface area (Å²) in [5.41, 5.74) is 1.89. The van der Waals surface area contributed by atoms with Crippen molar-refractivity contribution in [3.05, 3.63) is 83.9 Å². The Balaban J connectivity index is 1.59. The molecule has 0 bridgehead atoms. The molecule has 0 spiro atoms. The minimum Gasteiger partial charge on any atom is -0.483 e. The molecule has 8 nitrogen and oxygen atoms in total. The standard InChI is InChI=1S/C23H22N2O6S/c1-16-14-20(32(28,29)25-19-6-4-3-5-7-19)12-13-21(16)31-15-22(26)24-18-10-8-17(9-11-18)23(27)30-2/h3-14,25H,15H2,1-2H3,(H,24,26). The summed E-state index contributed by atoms with van der Waals surface area (Å²) in [5, 5.41) is 2.66. The molecule has 0 saturated heterocycles. The average molecular weight is 455 g/mol. The fourth-order valence-corrected chi connectivity index (χ4v) is 3.96. The minimum absolute atomic E-state index is 0.0846. The van der Waals surface area contributed by atoms with Crippen molar-refractivity contribution in [2.75, 3.05) is 23.8 Å². The number of carbonyl (C=O) groups excluding carboxylic acids is 2. The predicted molar refractivity (Wildman–Crippen MR) is 120 cm³/mol.